The van der Waals surface area contributed by atoms with E-state index >= 15 is 0 Å². The van der Waals surface area contributed by atoms with Crippen LogP contribution in [0.15, 0.2) is 30.3 Å². The maximum atomic E-state index is 12.0. The van der Waals surface area contributed by atoms with Gasteiger partial charge in [-0.05, 0) is 25.3 Å². The molecule has 1 N–H and O–H groups in total. The highest BCUT2D eigenvalue weighted by Gasteiger charge is 2.20. The van der Waals surface area contributed by atoms with Crippen molar-refractivity contribution in [1.82, 2.24) is 5.32 Å². The number of rotatable bonds is 5. The molecule has 2 nitrogen and oxygen atoms in total. The van der Waals surface area contributed by atoms with Gasteiger partial charge in [0, 0.05) is 11.8 Å². The third kappa shape index (κ3) is 4.05. The molecule has 0 saturated heterocycles. The molecule has 0 radical (unpaired) electrons. The van der Waals surface area contributed by atoms with Crippen molar-refractivity contribution in [2.75, 3.05) is 0 Å². The van der Waals surface area contributed by atoms with E-state index in [0.29, 0.717) is 6.04 Å². The molecule has 0 spiro atoms. The van der Waals surface area contributed by atoms with Gasteiger partial charge in [-0.2, -0.15) is 0 Å². The zero-order valence-corrected chi connectivity index (χ0v) is 11.7. The third-order valence-corrected chi connectivity index (χ3v) is 4.63. The minimum Gasteiger partial charge on any atom is -0.352 e. The molecule has 3 heteroatoms. The quantitative estimate of drug-likeness (QED) is 0.882. The molecule has 0 heterocycles. The molecule has 1 amide bonds. The molecule has 1 atom stereocenters. The number of benzene rings is 1. The molecule has 18 heavy (non-hydrogen) atoms. The van der Waals surface area contributed by atoms with E-state index < -0.39 is 0 Å². The second-order valence-electron chi connectivity index (χ2n) is 4.93. The molecule has 98 valence electrons. The molecule has 1 aromatic rings. The van der Waals surface area contributed by atoms with Crippen LogP contribution in [0.1, 0.15) is 38.2 Å². The van der Waals surface area contributed by atoms with E-state index in [1.54, 1.807) is 11.8 Å². The minimum absolute atomic E-state index is 0.0332. The molecular formula is C15H21NOS. The highest BCUT2D eigenvalue weighted by atomic mass is 32.2. The molecule has 0 aliphatic heterocycles. The molecule has 1 aliphatic carbocycles. The van der Waals surface area contributed by atoms with Gasteiger partial charge in [0.15, 0.2) is 0 Å². The van der Waals surface area contributed by atoms with Gasteiger partial charge < -0.3 is 5.32 Å². The second kappa shape index (κ2) is 6.83. The molecule has 0 bridgehead atoms. The van der Waals surface area contributed by atoms with E-state index in [-0.39, 0.29) is 11.2 Å². The second-order valence-corrected chi connectivity index (χ2v) is 6.26. The summed E-state index contributed by atoms with van der Waals surface area (Å²) in [6.45, 7) is 2.00. The van der Waals surface area contributed by atoms with Crippen LogP contribution in [0.25, 0.3) is 0 Å². The summed E-state index contributed by atoms with van der Waals surface area (Å²) in [6.07, 6.45) is 4.83. The predicted molar refractivity (Wildman–Crippen MR) is 77.6 cm³/mol. The van der Waals surface area contributed by atoms with Crippen molar-refractivity contribution in [3.63, 3.8) is 0 Å². The van der Waals surface area contributed by atoms with Crippen LogP contribution in [0, 0.1) is 0 Å². The van der Waals surface area contributed by atoms with Crippen LogP contribution in [0.4, 0.5) is 0 Å². The fourth-order valence-corrected chi connectivity index (χ4v) is 3.11. The molecule has 2 rings (SSSR count). The number of thioether (sulfide) groups is 1. The number of hydrogen-bond donors (Lipinski definition) is 1. The predicted octanol–water partition coefficient (Wildman–Crippen LogP) is 3.37. The average molecular weight is 263 g/mol. The first-order valence-corrected chi connectivity index (χ1v) is 7.76. The topological polar surface area (TPSA) is 29.1 Å². The minimum atomic E-state index is 0.0332. The smallest absolute Gasteiger partial charge is 0.233 e. The lowest BCUT2D eigenvalue weighted by Gasteiger charge is -2.16. The van der Waals surface area contributed by atoms with Gasteiger partial charge in [0.2, 0.25) is 5.91 Å². The monoisotopic (exact) mass is 263 g/mol. The largest absolute Gasteiger partial charge is 0.352 e. The molecule has 1 aliphatic rings. The lowest BCUT2D eigenvalue weighted by atomic mass is 10.2. The molecule has 1 aromatic carbocycles. The average Bonchev–Trinajstić information content (AvgIpc) is 2.90. The van der Waals surface area contributed by atoms with E-state index in [1.807, 2.05) is 25.1 Å². The summed E-state index contributed by atoms with van der Waals surface area (Å²) in [5, 5.41) is 3.19. The maximum Gasteiger partial charge on any atom is 0.233 e. The summed E-state index contributed by atoms with van der Waals surface area (Å²) in [5.41, 5.74) is 1.28. The van der Waals surface area contributed by atoms with Crippen LogP contribution in [-0.2, 0) is 10.5 Å². The summed E-state index contributed by atoms with van der Waals surface area (Å²) < 4.78 is 0. The number of amides is 1. The first kappa shape index (κ1) is 13.5. The SMILES string of the molecule is C[C@@H](SCc1ccccc1)C(=O)NC1CCCC1. The Balaban J connectivity index is 1.73. The van der Waals surface area contributed by atoms with Crippen LogP contribution < -0.4 is 5.32 Å². The molecular weight excluding hydrogens is 242 g/mol. The Kier molecular flexibility index (Phi) is 5.12. The van der Waals surface area contributed by atoms with E-state index in [9.17, 15) is 4.79 Å². The van der Waals surface area contributed by atoms with Crippen molar-refractivity contribution in [1.29, 1.82) is 0 Å². The first-order valence-electron chi connectivity index (χ1n) is 6.71. The van der Waals surface area contributed by atoms with E-state index in [4.69, 9.17) is 0 Å². The van der Waals surface area contributed by atoms with Crippen molar-refractivity contribution in [3.05, 3.63) is 35.9 Å². The van der Waals surface area contributed by atoms with Gasteiger partial charge in [0.05, 0.1) is 5.25 Å². The number of carbonyl (C=O) groups excluding carboxylic acids is 1. The first-order chi connectivity index (χ1) is 8.75. The maximum absolute atomic E-state index is 12.0. The van der Waals surface area contributed by atoms with E-state index in [0.717, 1.165) is 18.6 Å². The zero-order chi connectivity index (χ0) is 12.8. The summed E-state index contributed by atoms with van der Waals surface area (Å²) in [6, 6.07) is 10.7. The van der Waals surface area contributed by atoms with E-state index in [2.05, 4.69) is 17.4 Å². The van der Waals surface area contributed by atoms with Gasteiger partial charge in [-0.15, -0.1) is 11.8 Å². The van der Waals surface area contributed by atoms with Crippen LogP contribution in [0.3, 0.4) is 0 Å². The Morgan fingerprint density at radius 3 is 2.67 bits per heavy atom. The van der Waals surface area contributed by atoms with Gasteiger partial charge in [-0.1, -0.05) is 43.2 Å². The lowest BCUT2D eigenvalue weighted by Crippen LogP contribution is -2.37. The zero-order valence-electron chi connectivity index (χ0n) is 10.9. The standard InChI is InChI=1S/C15H21NOS/c1-12(15(17)16-14-9-5-6-10-14)18-11-13-7-3-2-4-8-13/h2-4,7-8,12,14H,5-6,9-11H2,1H3,(H,16,17)/t12-/m1/s1. The van der Waals surface area contributed by atoms with Crippen molar-refractivity contribution in [3.8, 4) is 0 Å². The number of hydrogen-bond acceptors (Lipinski definition) is 2. The van der Waals surface area contributed by atoms with Crippen LogP contribution in [0.2, 0.25) is 0 Å². The van der Waals surface area contributed by atoms with E-state index in [1.165, 1.54) is 18.4 Å². The van der Waals surface area contributed by atoms with Crippen LogP contribution >= 0.6 is 11.8 Å². The molecule has 0 unspecified atom stereocenters. The van der Waals surface area contributed by atoms with Gasteiger partial charge in [-0.3, -0.25) is 4.79 Å². The fourth-order valence-electron chi connectivity index (χ4n) is 2.26. The summed E-state index contributed by atoms with van der Waals surface area (Å²) in [4.78, 5) is 12.0. The number of carbonyl (C=O) groups is 1. The van der Waals surface area contributed by atoms with Crippen LogP contribution in [-0.4, -0.2) is 17.2 Å². The Morgan fingerprint density at radius 1 is 1.33 bits per heavy atom. The fraction of sp³-hybridized carbons (Fsp3) is 0.533. The van der Waals surface area contributed by atoms with Crippen molar-refractivity contribution < 1.29 is 4.79 Å². The Hall–Kier alpha value is -0.960. The van der Waals surface area contributed by atoms with Crippen molar-refractivity contribution in [2.45, 2.75) is 49.7 Å². The van der Waals surface area contributed by atoms with Gasteiger partial charge >= 0.3 is 0 Å². The summed E-state index contributed by atoms with van der Waals surface area (Å²) in [7, 11) is 0. The van der Waals surface area contributed by atoms with Crippen molar-refractivity contribution >= 4 is 17.7 Å². The lowest BCUT2D eigenvalue weighted by molar-refractivity contribution is -0.120. The van der Waals surface area contributed by atoms with Crippen LogP contribution in [0.5, 0.6) is 0 Å². The highest BCUT2D eigenvalue weighted by molar-refractivity contribution is 7.99. The van der Waals surface area contributed by atoms with Gasteiger partial charge in [0.1, 0.15) is 0 Å². The van der Waals surface area contributed by atoms with Gasteiger partial charge in [-0.25, -0.2) is 0 Å². The third-order valence-electron chi connectivity index (χ3n) is 3.41. The Morgan fingerprint density at radius 2 is 2.00 bits per heavy atom. The number of nitrogens with one attached hydrogen (secondary N) is 1. The molecule has 1 saturated carbocycles. The Labute approximate surface area is 114 Å². The van der Waals surface area contributed by atoms with Crippen molar-refractivity contribution in [2.24, 2.45) is 0 Å². The normalized spacial score (nSPS) is 17.6. The molecule has 0 aromatic heterocycles. The highest BCUT2D eigenvalue weighted by Crippen LogP contribution is 2.20. The molecule has 1 fully saturated rings. The summed E-state index contributed by atoms with van der Waals surface area (Å²) in [5.74, 6) is 1.10. The Bertz CT molecular complexity index is 373. The van der Waals surface area contributed by atoms with Gasteiger partial charge in [0.25, 0.3) is 0 Å². The summed E-state index contributed by atoms with van der Waals surface area (Å²) >= 11 is 1.71.